The molecule has 6 heteroatoms. The molecule has 20 heavy (non-hydrogen) atoms. The number of hydrogen-bond donors (Lipinski definition) is 1. The first-order valence-electron chi connectivity index (χ1n) is 7.10. The molecule has 0 spiro atoms. The highest BCUT2D eigenvalue weighted by Crippen LogP contribution is 2.64. The molecule has 2 unspecified atom stereocenters. The highest BCUT2D eigenvalue weighted by atomic mass is 32.1. The molecule has 2 saturated heterocycles. The van der Waals surface area contributed by atoms with Gasteiger partial charge in [0.2, 0.25) is 11.8 Å². The molecular weight excluding hydrogens is 274 g/mol. The summed E-state index contributed by atoms with van der Waals surface area (Å²) in [6, 6.07) is 0. The van der Waals surface area contributed by atoms with Gasteiger partial charge in [0, 0.05) is 13.1 Å². The second-order valence-electron chi connectivity index (χ2n) is 6.99. The normalized spacial score (nSPS) is 35.0. The van der Waals surface area contributed by atoms with Crippen molar-refractivity contribution in [3.63, 3.8) is 0 Å². The van der Waals surface area contributed by atoms with Crippen molar-refractivity contribution in [1.82, 2.24) is 9.80 Å². The fourth-order valence-electron chi connectivity index (χ4n) is 3.94. The lowest BCUT2D eigenvalue weighted by Gasteiger charge is -2.46. The minimum Gasteiger partial charge on any atom is -0.391 e. The van der Waals surface area contributed by atoms with Crippen molar-refractivity contribution in [1.29, 1.82) is 0 Å². The van der Waals surface area contributed by atoms with Gasteiger partial charge in [-0.3, -0.25) is 14.5 Å². The van der Waals surface area contributed by atoms with E-state index in [-0.39, 0.29) is 34.1 Å². The molecular formula is C14H21N3O2S. The van der Waals surface area contributed by atoms with E-state index >= 15 is 0 Å². The standard InChI is InChI=1S/C14H21N3O2S/c1-13(2)8-9(13)11(19)17(10(8)18)14(12(15)20)4-6-16(3)7-5-14/h8-9H,4-7H2,1-3H3,(H2,15,20). The van der Waals surface area contributed by atoms with E-state index < -0.39 is 5.54 Å². The maximum Gasteiger partial charge on any atom is 0.234 e. The molecule has 0 aromatic carbocycles. The van der Waals surface area contributed by atoms with Gasteiger partial charge in [-0.1, -0.05) is 26.1 Å². The zero-order chi connectivity index (χ0) is 14.9. The Balaban J connectivity index is 1.93. The lowest BCUT2D eigenvalue weighted by Crippen LogP contribution is -2.64. The van der Waals surface area contributed by atoms with Crippen LogP contribution in [-0.2, 0) is 9.59 Å². The van der Waals surface area contributed by atoms with E-state index in [4.69, 9.17) is 18.0 Å². The summed E-state index contributed by atoms with van der Waals surface area (Å²) in [6.45, 7) is 5.56. The molecule has 2 atom stereocenters. The largest absolute Gasteiger partial charge is 0.391 e. The van der Waals surface area contributed by atoms with Crippen LogP contribution in [0.15, 0.2) is 0 Å². The van der Waals surface area contributed by atoms with Crippen LogP contribution in [0.2, 0.25) is 0 Å². The number of hydrogen-bond acceptors (Lipinski definition) is 4. The first-order chi connectivity index (χ1) is 9.23. The van der Waals surface area contributed by atoms with Gasteiger partial charge in [-0.25, -0.2) is 0 Å². The van der Waals surface area contributed by atoms with Crippen molar-refractivity contribution >= 4 is 29.0 Å². The molecule has 110 valence electrons. The fourth-order valence-corrected chi connectivity index (χ4v) is 4.23. The average Bonchev–Trinajstić information content (AvgIpc) is 2.81. The Morgan fingerprint density at radius 1 is 1.20 bits per heavy atom. The number of nitrogens with two attached hydrogens (primary N) is 1. The van der Waals surface area contributed by atoms with E-state index in [0.717, 1.165) is 13.1 Å². The maximum atomic E-state index is 12.6. The monoisotopic (exact) mass is 295 g/mol. The fraction of sp³-hybridized carbons (Fsp3) is 0.786. The molecule has 3 rings (SSSR count). The van der Waals surface area contributed by atoms with Gasteiger partial charge in [0.1, 0.15) is 5.54 Å². The molecule has 1 saturated carbocycles. The first kappa shape index (κ1) is 13.9. The zero-order valence-electron chi connectivity index (χ0n) is 12.2. The minimum atomic E-state index is -0.737. The topological polar surface area (TPSA) is 66.6 Å². The van der Waals surface area contributed by atoms with Crippen LogP contribution >= 0.6 is 12.2 Å². The Morgan fingerprint density at radius 2 is 1.65 bits per heavy atom. The molecule has 2 N–H and O–H groups in total. The van der Waals surface area contributed by atoms with Gasteiger partial charge in [0.15, 0.2) is 0 Å². The summed E-state index contributed by atoms with van der Waals surface area (Å²) in [5.41, 5.74) is 5.02. The second-order valence-corrected chi connectivity index (χ2v) is 7.43. The summed E-state index contributed by atoms with van der Waals surface area (Å²) < 4.78 is 0. The number of piperidine rings is 2. The number of carbonyl (C=O) groups excluding carboxylic acids is 2. The third-order valence-corrected chi connectivity index (χ3v) is 5.88. The van der Waals surface area contributed by atoms with E-state index in [1.54, 1.807) is 0 Å². The Labute approximate surface area is 124 Å². The van der Waals surface area contributed by atoms with Gasteiger partial charge in [-0.2, -0.15) is 0 Å². The van der Waals surface area contributed by atoms with Gasteiger partial charge in [-0.15, -0.1) is 0 Å². The molecule has 0 bridgehead atoms. The average molecular weight is 295 g/mol. The van der Waals surface area contributed by atoms with Gasteiger partial charge in [-0.05, 0) is 25.3 Å². The second kappa shape index (κ2) is 4.01. The molecule has 0 aromatic heterocycles. The molecule has 5 nitrogen and oxygen atoms in total. The Hall–Kier alpha value is -1.01. The first-order valence-corrected chi connectivity index (χ1v) is 7.50. The minimum absolute atomic E-state index is 0.0673. The third kappa shape index (κ3) is 1.55. The van der Waals surface area contributed by atoms with E-state index in [1.165, 1.54) is 4.90 Å². The Kier molecular flexibility index (Phi) is 2.80. The van der Waals surface area contributed by atoms with Crippen LogP contribution in [0, 0.1) is 17.3 Å². The smallest absolute Gasteiger partial charge is 0.234 e. The van der Waals surface area contributed by atoms with Crippen LogP contribution in [0.1, 0.15) is 26.7 Å². The predicted molar refractivity (Wildman–Crippen MR) is 78.9 cm³/mol. The maximum absolute atomic E-state index is 12.6. The lowest BCUT2D eigenvalue weighted by atomic mass is 9.84. The van der Waals surface area contributed by atoms with E-state index in [1.807, 2.05) is 20.9 Å². The van der Waals surface area contributed by atoms with Crippen molar-refractivity contribution < 1.29 is 9.59 Å². The number of rotatable bonds is 2. The summed E-state index contributed by atoms with van der Waals surface area (Å²) in [7, 11) is 2.03. The van der Waals surface area contributed by atoms with Crippen LogP contribution in [-0.4, -0.2) is 52.3 Å². The number of likely N-dealkylation sites (tertiary alicyclic amines) is 2. The zero-order valence-corrected chi connectivity index (χ0v) is 13.0. The van der Waals surface area contributed by atoms with E-state index in [0.29, 0.717) is 12.8 Å². The van der Waals surface area contributed by atoms with Crippen LogP contribution in [0.25, 0.3) is 0 Å². The van der Waals surface area contributed by atoms with Gasteiger partial charge >= 0.3 is 0 Å². The number of thiocarbonyl (C=S) groups is 1. The molecule has 2 heterocycles. The SMILES string of the molecule is CN1CCC(C(N)=S)(N2C(=O)C3C(C2=O)C3(C)C)CC1. The van der Waals surface area contributed by atoms with Crippen LogP contribution in [0.5, 0.6) is 0 Å². The summed E-state index contributed by atoms with van der Waals surface area (Å²) >= 11 is 5.23. The van der Waals surface area contributed by atoms with Crippen molar-refractivity contribution in [2.45, 2.75) is 32.2 Å². The predicted octanol–water partition coefficient (Wildman–Crippen LogP) is 0.378. The summed E-state index contributed by atoms with van der Waals surface area (Å²) in [5, 5.41) is 0. The van der Waals surface area contributed by atoms with Gasteiger partial charge in [0.05, 0.1) is 16.8 Å². The number of carbonyl (C=O) groups is 2. The van der Waals surface area contributed by atoms with Crippen molar-refractivity contribution in [2.75, 3.05) is 20.1 Å². The molecule has 3 aliphatic rings. The summed E-state index contributed by atoms with van der Waals surface area (Å²) in [5.74, 6) is -0.466. The number of nitrogens with zero attached hydrogens (tertiary/aromatic N) is 2. The highest BCUT2D eigenvalue weighted by Gasteiger charge is 2.74. The van der Waals surface area contributed by atoms with E-state index in [2.05, 4.69) is 4.90 Å². The van der Waals surface area contributed by atoms with Gasteiger partial charge < -0.3 is 10.6 Å². The number of amides is 2. The molecule has 1 aliphatic carbocycles. The Bertz CT molecular complexity index is 485. The van der Waals surface area contributed by atoms with Crippen molar-refractivity contribution in [2.24, 2.45) is 23.0 Å². The molecule has 3 fully saturated rings. The summed E-state index contributed by atoms with van der Waals surface area (Å²) in [4.78, 5) is 29.2. The molecule has 2 amide bonds. The van der Waals surface area contributed by atoms with Crippen LogP contribution in [0.3, 0.4) is 0 Å². The quantitative estimate of drug-likeness (QED) is 0.589. The van der Waals surface area contributed by atoms with Crippen molar-refractivity contribution in [3.05, 3.63) is 0 Å². The molecule has 2 aliphatic heterocycles. The molecule has 0 aromatic rings. The van der Waals surface area contributed by atoms with Crippen molar-refractivity contribution in [3.8, 4) is 0 Å². The lowest BCUT2D eigenvalue weighted by molar-refractivity contribution is -0.149. The molecule has 0 radical (unpaired) electrons. The van der Waals surface area contributed by atoms with Crippen LogP contribution < -0.4 is 5.73 Å². The third-order valence-electron chi connectivity index (χ3n) is 5.50. The van der Waals surface area contributed by atoms with E-state index in [9.17, 15) is 9.59 Å². The highest BCUT2D eigenvalue weighted by molar-refractivity contribution is 7.80. The Morgan fingerprint density at radius 3 is 2.05 bits per heavy atom. The van der Waals surface area contributed by atoms with Crippen LogP contribution in [0.4, 0.5) is 0 Å². The van der Waals surface area contributed by atoms with Gasteiger partial charge in [0.25, 0.3) is 0 Å². The number of fused-ring (bicyclic) bond motifs is 1. The number of imide groups is 1. The summed E-state index contributed by atoms with van der Waals surface area (Å²) in [6.07, 6.45) is 1.30.